The molecule has 0 amide bonds. The van der Waals surface area contributed by atoms with Crippen LogP contribution in [0.4, 0.5) is 0 Å². The minimum atomic E-state index is 0. The first kappa shape index (κ1) is 97.5. The Morgan fingerprint density at radius 1 is 0.333 bits per heavy atom. The first-order valence-electron chi connectivity index (χ1n) is 0. The van der Waals surface area contributed by atoms with E-state index in [0.29, 0.717) is 0 Å². The van der Waals surface area contributed by atoms with Crippen molar-refractivity contribution in [1.82, 2.24) is 0 Å². The second kappa shape index (κ2) is 62.7. The molecule has 0 radical (unpaired) electrons. The summed E-state index contributed by atoms with van der Waals surface area (Å²) >= 11 is 0. The molecule has 0 rings (SSSR count). The van der Waals surface area contributed by atoms with Gasteiger partial charge in [0, 0.05) is 0 Å². The average Bonchev–Trinajstić information content (AvgIpc) is 0. The molecule has 0 N–H and O–H groups in total. The molecule has 0 aliphatic carbocycles. The molecule has 0 aromatic rings. The van der Waals surface area contributed by atoms with Gasteiger partial charge in [-0.15, -0.1) is 62.0 Å². The summed E-state index contributed by atoms with van der Waals surface area (Å²) in [6.45, 7) is 0. The molecule has 0 bridgehead atoms. The SMILES string of the molecule is Cl.Cl.Cl.Cl.Cl.[AsH8+5]. The van der Waals surface area contributed by atoms with Gasteiger partial charge in [0.15, 0.2) is 0 Å². The summed E-state index contributed by atoms with van der Waals surface area (Å²) in [5.74, 6) is 0. The monoisotopic (exact) mass is 263 g/mol. The molecule has 0 aromatic carbocycles. The molecule has 0 aromatic heterocycles. The maximum atomic E-state index is 0. The summed E-state index contributed by atoms with van der Waals surface area (Å²) in [4.78, 5) is 0. The van der Waals surface area contributed by atoms with Crippen LogP contribution in [0.2, 0.25) is 0 Å². The Hall–Kier alpha value is 2.01. The van der Waals surface area contributed by atoms with Crippen molar-refractivity contribution in [3.8, 4) is 0 Å². The summed E-state index contributed by atoms with van der Waals surface area (Å²) in [5, 5.41) is 0. The average molecular weight is 265 g/mol. The van der Waals surface area contributed by atoms with E-state index in [4.69, 9.17) is 0 Å². The van der Waals surface area contributed by atoms with E-state index in [0.717, 1.165) is 0 Å². The van der Waals surface area contributed by atoms with E-state index in [1.54, 1.807) is 0 Å². The van der Waals surface area contributed by atoms with Gasteiger partial charge in [-0.1, -0.05) is 0 Å². The Labute approximate surface area is 79.6 Å². The third kappa shape index (κ3) is 37.4. The predicted molar refractivity (Wildman–Crippen MR) is 53.2 cm³/mol. The fraction of sp³-hybridized carbons (Fsp3) is 0. The standard InChI is InChI=1S/AsH8.5ClH/h1H8;5*1H/q+5;;;;;. The van der Waals surface area contributed by atoms with Gasteiger partial charge in [-0.3, -0.25) is 0 Å². The van der Waals surface area contributed by atoms with Crippen molar-refractivity contribution in [1.29, 1.82) is 0 Å². The van der Waals surface area contributed by atoms with Crippen LogP contribution in [0.1, 0.15) is 0 Å². The number of hydrogen-bond donors (Lipinski definition) is 0. The molecule has 0 atom stereocenters. The fourth-order valence-electron chi connectivity index (χ4n) is 0. The first-order valence-corrected chi connectivity index (χ1v) is 0. The van der Waals surface area contributed by atoms with Gasteiger partial charge in [-0.05, 0) is 0 Å². The van der Waals surface area contributed by atoms with Crippen LogP contribution in [-0.4, -0.2) is 18.0 Å². The van der Waals surface area contributed by atoms with Crippen molar-refractivity contribution in [2.75, 3.05) is 0 Å². The van der Waals surface area contributed by atoms with Crippen LogP contribution in [0.25, 0.3) is 0 Å². The van der Waals surface area contributed by atoms with Crippen LogP contribution in [-0.2, 0) is 0 Å². The molecule has 6 heavy (non-hydrogen) atoms. The molecule has 0 aliphatic heterocycles. The number of halogens is 5. The van der Waals surface area contributed by atoms with Crippen molar-refractivity contribution in [3.05, 3.63) is 0 Å². The predicted octanol–water partition coefficient (Wildman–Crippen LogP) is -0.413. The van der Waals surface area contributed by atoms with Gasteiger partial charge in [0.25, 0.3) is 0 Å². The van der Waals surface area contributed by atoms with Crippen LogP contribution in [0.15, 0.2) is 0 Å². The Balaban J connectivity index is 0. The molecule has 0 saturated carbocycles. The van der Waals surface area contributed by atoms with Crippen molar-refractivity contribution < 1.29 is 0 Å². The molecular weight excluding hydrogens is 252 g/mol. The number of rotatable bonds is 0. The zero-order chi connectivity index (χ0) is 0. The van der Waals surface area contributed by atoms with Crippen molar-refractivity contribution in [2.45, 2.75) is 0 Å². The van der Waals surface area contributed by atoms with Crippen LogP contribution in [0.5, 0.6) is 0 Å². The molecule has 0 saturated heterocycles. The molecule has 6 heteroatoms. The van der Waals surface area contributed by atoms with Crippen LogP contribution in [0.3, 0.4) is 0 Å². The second-order valence-corrected chi connectivity index (χ2v) is 0. The van der Waals surface area contributed by atoms with Gasteiger partial charge in [0.2, 0.25) is 0 Å². The summed E-state index contributed by atoms with van der Waals surface area (Å²) in [7, 11) is 0. The van der Waals surface area contributed by atoms with E-state index < -0.39 is 0 Å². The van der Waals surface area contributed by atoms with Crippen molar-refractivity contribution >= 4 is 80.0 Å². The molecule has 48 valence electrons. The third-order valence-corrected chi connectivity index (χ3v) is 0. The molecule has 0 nitrogen and oxygen atoms in total. The molecule has 0 fully saturated rings. The van der Waals surface area contributed by atoms with E-state index in [-0.39, 0.29) is 80.0 Å². The Morgan fingerprint density at radius 3 is 0.333 bits per heavy atom. The zero-order valence-corrected chi connectivity index (χ0v) is 6.12. The maximum absolute atomic E-state index is 0. The van der Waals surface area contributed by atoms with Gasteiger partial charge in [0.05, 0.1) is 0 Å². The summed E-state index contributed by atoms with van der Waals surface area (Å²) in [6, 6.07) is 0. The Bertz CT molecular complexity index is 3.90. The van der Waals surface area contributed by atoms with Gasteiger partial charge in [-0.2, -0.15) is 0 Å². The van der Waals surface area contributed by atoms with E-state index in [2.05, 4.69) is 0 Å². The normalized spacial score (nSPS) is 0. The summed E-state index contributed by atoms with van der Waals surface area (Å²) in [5.41, 5.74) is 0. The van der Waals surface area contributed by atoms with E-state index in [1.165, 1.54) is 0 Å². The Morgan fingerprint density at radius 2 is 0.333 bits per heavy atom. The zero-order valence-electron chi connectivity index (χ0n) is 2.04. The van der Waals surface area contributed by atoms with Crippen molar-refractivity contribution in [3.63, 3.8) is 0 Å². The second-order valence-electron chi connectivity index (χ2n) is 0. The molecule has 0 unspecified atom stereocenters. The van der Waals surface area contributed by atoms with Gasteiger partial charge >= 0.3 is 18.0 Å². The van der Waals surface area contributed by atoms with Gasteiger partial charge in [0.1, 0.15) is 0 Å². The Kier molecular flexibility index (Phi) is 1020. The van der Waals surface area contributed by atoms with Gasteiger partial charge in [-0.25, -0.2) is 0 Å². The van der Waals surface area contributed by atoms with Crippen LogP contribution in [0, 0.1) is 0 Å². The van der Waals surface area contributed by atoms with Crippen molar-refractivity contribution in [2.24, 2.45) is 0 Å². The van der Waals surface area contributed by atoms with Crippen LogP contribution < -0.4 is 0 Å². The molecule has 0 heterocycles. The topological polar surface area (TPSA) is 0 Å². The summed E-state index contributed by atoms with van der Waals surface area (Å²) in [6.07, 6.45) is 0. The summed E-state index contributed by atoms with van der Waals surface area (Å²) < 4.78 is 0. The van der Waals surface area contributed by atoms with E-state index in [1.807, 2.05) is 0 Å². The minimum absolute atomic E-state index is 0. The van der Waals surface area contributed by atoms with Crippen LogP contribution >= 0.6 is 62.0 Å². The van der Waals surface area contributed by atoms with E-state index in [9.17, 15) is 0 Å². The quantitative estimate of drug-likeness (QED) is 0.522. The van der Waals surface area contributed by atoms with Gasteiger partial charge < -0.3 is 0 Å². The molecule has 0 spiro atoms. The molecule has 0 aliphatic rings. The third-order valence-electron chi connectivity index (χ3n) is 0. The first-order chi connectivity index (χ1) is 0. The number of hydrogen-bond acceptors (Lipinski definition) is 0. The van der Waals surface area contributed by atoms with E-state index >= 15 is 0 Å². The fourth-order valence-corrected chi connectivity index (χ4v) is 0. The molecular formula is H13AsCl5+5.